The average Bonchev–Trinajstić information content (AvgIpc) is 1.70. The van der Waals surface area contributed by atoms with Gasteiger partial charge >= 0.3 is 106 Å². The zero-order chi connectivity index (χ0) is 8.12. The molecule has 0 aromatic rings. The van der Waals surface area contributed by atoms with Crippen molar-refractivity contribution < 1.29 is 59.8 Å². The summed E-state index contributed by atoms with van der Waals surface area (Å²) < 4.78 is 50.8. The Morgan fingerprint density at radius 2 is 0.727 bits per heavy atom. The summed E-state index contributed by atoms with van der Waals surface area (Å²) in [6.07, 6.45) is 0. The molecular formula is Al3CuLiO6. The van der Waals surface area contributed by atoms with E-state index in [0.29, 0.717) is 0 Å². The van der Waals surface area contributed by atoms with Gasteiger partial charge in [0, 0.05) is 0 Å². The first-order chi connectivity index (χ1) is 4.24. The molecule has 0 aromatic carbocycles. The maximum absolute atomic E-state index is 8.46. The van der Waals surface area contributed by atoms with Crippen LogP contribution in [0.5, 0.6) is 0 Å². The van der Waals surface area contributed by atoms with Crippen LogP contribution < -0.4 is 31.3 Å². The van der Waals surface area contributed by atoms with E-state index in [9.17, 15) is 0 Å². The molecular weight excluding hydrogens is 247 g/mol. The second-order valence-corrected chi connectivity index (χ2v) is 0.866. The third-order valence-corrected chi connectivity index (χ3v) is 0. The fourth-order valence-corrected chi connectivity index (χ4v) is 0. The van der Waals surface area contributed by atoms with E-state index in [1.807, 2.05) is 0 Å². The van der Waals surface area contributed by atoms with Gasteiger partial charge in [0.05, 0.1) is 0 Å². The molecule has 0 spiro atoms. The van der Waals surface area contributed by atoms with Crippen LogP contribution in [0.1, 0.15) is 0 Å². The molecule has 0 heterocycles. The van der Waals surface area contributed by atoms with E-state index in [0.717, 1.165) is 0 Å². The van der Waals surface area contributed by atoms with Crippen molar-refractivity contribution in [3.8, 4) is 0 Å². The SMILES string of the molecule is [Cu+2].[Li+].[O]=[Al][O-].[O]=[Al][O-].[O]=[Al][O-]. The van der Waals surface area contributed by atoms with Crippen LogP contribution in [0.4, 0.5) is 0 Å². The Kier molecular flexibility index (Phi) is 167. The van der Waals surface area contributed by atoms with Crippen LogP contribution in [0.3, 0.4) is 0 Å². The molecule has 0 atom stereocenters. The summed E-state index contributed by atoms with van der Waals surface area (Å²) in [5.41, 5.74) is 0. The summed E-state index contributed by atoms with van der Waals surface area (Å²) in [6.45, 7) is 0. The molecule has 0 aliphatic carbocycles. The third-order valence-electron chi connectivity index (χ3n) is 0. The van der Waals surface area contributed by atoms with Gasteiger partial charge in [0.15, 0.2) is 0 Å². The van der Waals surface area contributed by atoms with E-state index in [4.69, 9.17) is 23.9 Å². The fraction of sp³-hybridized carbons (Fsp3) is 0. The van der Waals surface area contributed by atoms with Crippen LogP contribution in [0, 0.1) is 0 Å². The average molecular weight is 247 g/mol. The van der Waals surface area contributed by atoms with Crippen molar-refractivity contribution >= 4 is 46.5 Å². The van der Waals surface area contributed by atoms with Gasteiger partial charge in [0.2, 0.25) is 0 Å². The Hall–Kier alpha value is 1.51. The molecule has 11 heteroatoms. The number of hydrogen-bond donors (Lipinski definition) is 0. The van der Waals surface area contributed by atoms with Gasteiger partial charge in [-0.15, -0.1) is 0 Å². The molecule has 0 bridgehead atoms. The quantitative estimate of drug-likeness (QED) is 0.392. The van der Waals surface area contributed by atoms with Crippen LogP contribution in [-0.4, -0.2) is 46.5 Å². The zero-order valence-corrected chi connectivity index (χ0v) is 9.89. The van der Waals surface area contributed by atoms with Gasteiger partial charge in [0.25, 0.3) is 0 Å². The second kappa shape index (κ2) is 62.5. The van der Waals surface area contributed by atoms with E-state index in [2.05, 4.69) is 0 Å². The monoisotopic (exact) mass is 247 g/mol. The summed E-state index contributed by atoms with van der Waals surface area (Å²) in [4.78, 5) is 0. The van der Waals surface area contributed by atoms with Crippen LogP contribution in [0.25, 0.3) is 0 Å². The van der Waals surface area contributed by atoms with Crippen molar-refractivity contribution in [1.82, 2.24) is 0 Å². The molecule has 0 saturated heterocycles. The van der Waals surface area contributed by atoms with Gasteiger partial charge in [0.1, 0.15) is 0 Å². The summed E-state index contributed by atoms with van der Waals surface area (Å²) in [5.74, 6) is 0. The Balaban J connectivity index is -0.0000000150. The first kappa shape index (κ1) is 29.4. The third kappa shape index (κ3) is 455. The molecule has 0 saturated carbocycles. The van der Waals surface area contributed by atoms with Crippen molar-refractivity contribution in [1.29, 1.82) is 0 Å². The van der Waals surface area contributed by atoms with Crippen molar-refractivity contribution in [3.63, 3.8) is 0 Å². The number of hydrogen-bond acceptors (Lipinski definition) is 6. The molecule has 6 nitrogen and oxygen atoms in total. The van der Waals surface area contributed by atoms with E-state index >= 15 is 0 Å². The maximum atomic E-state index is 8.46. The van der Waals surface area contributed by atoms with E-state index in [-0.39, 0.29) is 35.9 Å². The summed E-state index contributed by atoms with van der Waals surface area (Å²) >= 11 is -5.25. The van der Waals surface area contributed by atoms with E-state index < -0.39 is 46.5 Å². The second-order valence-electron chi connectivity index (χ2n) is 0.289. The van der Waals surface area contributed by atoms with Crippen LogP contribution in [-0.2, 0) is 28.5 Å². The predicted molar refractivity (Wildman–Crippen MR) is 19.3 cm³/mol. The van der Waals surface area contributed by atoms with Gasteiger partial charge in [-0.1, -0.05) is 0 Å². The normalized spacial score (nSPS) is 2.18. The van der Waals surface area contributed by atoms with Crippen molar-refractivity contribution in [2.45, 2.75) is 0 Å². The Bertz CT molecular complexity index is 54.6. The molecule has 57 valence electrons. The minimum atomic E-state index is -1.75. The standard InChI is InChI=1S/3Al.Cu.Li.6O/q;;;+2;+1;;;;3*-1. The Morgan fingerprint density at radius 3 is 0.727 bits per heavy atom. The number of rotatable bonds is 0. The summed E-state index contributed by atoms with van der Waals surface area (Å²) in [5, 5.41) is 0. The van der Waals surface area contributed by atoms with Crippen LogP contribution >= 0.6 is 0 Å². The van der Waals surface area contributed by atoms with Crippen LogP contribution in [0.2, 0.25) is 0 Å². The summed E-state index contributed by atoms with van der Waals surface area (Å²) in [7, 11) is 0. The molecule has 0 amide bonds. The zero-order valence-electron chi connectivity index (χ0n) is 5.48. The topological polar surface area (TPSA) is 120 Å². The molecule has 1 radical (unpaired) electrons. The Morgan fingerprint density at radius 1 is 0.727 bits per heavy atom. The fourth-order valence-electron chi connectivity index (χ4n) is 0. The molecule has 11 heavy (non-hydrogen) atoms. The molecule has 0 aliphatic rings. The van der Waals surface area contributed by atoms with Gasteiger partial charge in [-0.3, -0.25) is 0 Å². The predicted octanol–water partition coefficient (Wildman–Crippen LogP) is -8.06. The molecule has 0 unspecified atom stereocenters. The molecule has 0 rings (SSSR count). The molecule has 0 fully saturated rings. The van der Waals surface area contributed by atoms with Crippen molar-refractivity contribution in [2.75, 3.05) is 0 Å². The molecule has 0 aromatic heterocycles. The van der Waals surface area contributed by atoms with Gasteiger partial charge in [-0.05, 0) is 0 Å². The van der Waals surface area contributed by atoms with Crippen molar-refractivity contribution in [2.24, 2.45) is 0 Å². The van der Waals surface area contributed by atoms with E-state index in [1.165, 1.54) is 0 Å². The van der Waals surface area contributed by atoms with E-state index in [1.54, 1.807) is 0 Å². The van der Waals surface area contributed by atoms with Gasteiger partial charge < -0.3 is 0 Å². The summed E-state index contributed by atoms with van der Waals surface area (Å²) in [6, 6.07) is 0. The molecule has 0 aliphatic heterocycles. The van der Waals surface area contributed by atoms with Crippen LogP contribution in [0.15, 0.2) is 0 Å². The Labute approximate surface area is 105 Å². The minimum absolute atomic E-state index is 0. The van der Waals surface area contributed by atoms with Gasteiger partial charge in [-0.2, -0.15) is 0 Å². The van der Waals surface area contributed by atoms with Crippen molar-refractivity contribution in [3.05, 3.63) is 0 Å². The molecule has 0 N–H and O–H groups in total. The first-order valence-corrected chi connectivity index (χ1v) is 4.24. The first-order valence-electron chi connectivity index (χ1n) is 1.41. The van der Waals surface area contributed by atoms with Gasteiger partial charge in [-0.25, -0.2) is 0 Å².